The minimum Gasteiger partial charge on any atom is -0.322 e. The number of rotatable bonds is 3. The molecule has 98 valence electrons. The van der Waals surface area contributed by atoms with E-state index in [0.29, 0.717) is 10.5 Å². The van der Waals surface area contributed by atoms with Gasteiger partial charge in [-0.1, -0.05) is 15.9 Å². The number of benzene rings is 2. The van der Waals surface area contributed by atoms with E-state index in [9.17, 15) is 9.00 Å². The van der Waals surface area contributed by atoms with E-state index in [2.05, 4.69) is 21.2 Å². The van der Waals surface area contributed by atoms with Crippen LogP contribution in [0.25, 0.3) is 0 Å². The number of amides is 1. The van der Waals surface area contributed by atoms with Crippen LogP contribution in [-0.2, 0) is 10.8 Å². The summed E-state index contributed by atoms with van der Waals surface area (Å²) in [4.78, 5) is 12.7. The zero-order valence-corrected chi connectivity index (χ0v) is 12.6. The summed E-state index contributed by atoms with van der Waals surface area (Å²) in [6.45, 7) is 0. The molecule has 0 heterocycles. The van der Waals surface area contributed by atoms with E-state index in [1.807, 2.05) is 24.3 Å². The smallest absolute Gasteiger partial charge is 0.255 e. The summed E-state index contributed by atoms with van der Waals surface area (Å²) in [5, 5.41) is 2.80. The highest BCUT2D eigenvalue weighted by atomic mass is 79.9. The average Bonchev–Trinajstić information content (AvgIpc) is 2.41. The first-order valence-electron chi connectivity index (χ1n) is 5.56. The maximum absolute atomic E-state index is 12.0. The molecule has 0 aliphatic heterocycles. The van der Waals surface area contributed by atoms with Gasteiger partial charge < -0.3 is 5.32 Å². The van der Waals surface area contributed by atoms with Crippen molar-refractivity contribution >= 4 is 38.3 Å². The van der Waals surface area contributed by atoms with Gasteiger partial charge in [-0.05, 0) is 48.5 Å². The summed E-state index contributed by atoms with van der Waals surface area (Å²) in [5.41, 5.74) is 1.27. The predicted octanol–water partition coefficient (Wildman–Crippen LogP) is 3.44. The van der Waals surface area contributed by atoms with E-state index in [-0.39, 0.29) is 5.91 Å². The van der Waals surface area contributed by atoms with Crippen LogP contribution >= 0.6 is 15.9 Å². The van der Waals surface area contributed by atoms with Crippen molar-refractivity contribution in [1.29, 1.82) is 0 Å². The van der Waals surface area contributed by atoms with Gasteiger partial charge in [0.25, 0.3) is 5.91 Å². The van der Waals surface area contributed by atoms with Crippen LogP contribution < -0.4 is 5.32 Å². The molecule has 5 heteroatoms. The molecule has 1 amide bonds. The molecule has 1 atom stereocenters. The molecular weight excluding hydrogens is 326 g/mol. The predicted molar refractivity (Wildman–Crippen MR) is 80.9 cm³/mol. The maximum atomic E-state index is 12.0. The number of hydrogen-bond acceptors (Lipinski definition) is 2. The van der Waals surface area contributed by atoms with Crippen molar-refractivity contribution in [2.45, 2.75) is 4.90 Å². The normalized spacial score (nSPS) is 11.9. The van der Waals surface area contributed by atoms with Crippen LogP contribution in [0.1, 0.15) is 10.4 Å². The highest BCUT2D eigenvalue weighted by Gasteiger charge is 2.06. The Bertz CT molecular complexity index is 608. The van der Waals surface area contributed by atoms with Gasteiger partial charge in [0, 0.05) is 37.7 Å². The Labute approximate surface area is 122 Å². The van der Waals surface area contributed by atoms with Gasteiger partial charge in [0.1, 0.15) is 0 Å². The van der Waals surface area contributed by atoms with E-state index in [4.69, 9.17) is 0 Å². The van der Waals surface area contributed by atoms with Gasteiger partial charge in [-0.15, -0.1) is 0 Å². The van der Waals surface area contributed by atoms with Gasteiger partial charge in [0.15, 0.2) is 0 Å². The van der Waals surface area contributed by atoms with Gasteiger partial charge >= 0.3 is 0 Å². The first-order chi connectivity index (χ1) is 9.06. The molecule has 0 bridgehead atoms. The van der Waals surface area contributed by atoms with Crippen molar-refractivity contribution < 1.29 is 9.00 Å². The zero-order chi connectivity index (χ0) is 13.8. The van der Waals surface area contributed by atoms with Crippen LogP contribution in [0.2, 0.25) is 0 Å². The number of halogens is 1. The third kappa shape index (κ3) is 3.75. The number of anilines is 1. The number of nitrogens with one attached hydrogen (secondary N) is 1. The number of carbonyl (C=O) groups excluding carboxylic acids is 1. The third-order valence-corrected chi connectivity index (χ3v) is 4.02. The molecule has 0 aliphatic rings. The standard InChI is InChI=1S/C14H12BrNO2S/c1-19(18)13-8-2-10(3-9-13)14(17)16-12-6-4-11(15)5-7-12/h2-9H,1H3,(H,16,17). The van der Waals surface area contributed by atoms with Crippen molar-refractivity contribution in [3.05, 3.63) is 58.6 Å². The largest absolute Gasteiger partial charge is 0.322 e. The van der Waals surface area contributed by atoms with Crippen molar-refractivity contribution in [3.8, 4) is 0 Å². The number of carbonyl (C=O) groups is 1. The monoisotopic (exact) mass is 337 g/mol. The molecule has 1 unspecified atom stereocenters. The molecule has 2 aromatic carbocycles. The minimum atomic E-state index is -1.03. The summed E-state index contributed by atoms with van der Waals surface area (Å²) >= 11 is 3.34. The summed E-state index contributed by atoms with van der Waals surface area (Å²) in [5.74, 6) is -0.184. The lowest BCUT2D eigenvalue weighted by atomic mass is 10.2. The quantitative estimate of drug-likeness (QED) is 0.932. The fraction of sp³-hybridized carbons (Fsp3) is 0.0714. The second kappa shape index (κ2) is 6.12. The molecule has 0 radical (unpaired) electrons. The van der Waals surface area contributed by atoms with Crippen LogP contribution in [0.4, 0.5) is 5.69 Å². The molecule has 0 fully saturated rings. The van der Waals surface area contributed by atoms with Crippen molar-refractivity contribution in [1.82, 2.24) is 0 Å². The van der Waals surface area contributed by atoms with Crippen molar-refractivity contribution in [3.63, 3.8) is 0 Å². The average molecular weight is 338 g/mol. The molecule has 0 spiro atoms. The molecule has 2 aromatic rings. The van der Waals surface area contributed by atoms with Crippen LogP contribution in [0, 0.1) is 0 Å². The lowest BCUT2D eigenvalue weighted by molar-refractivity contribution is 0.102. The molecule has 19 heavy (non-hydrogen) atoms. The maximum Gasteiger partial charge on any atom is 0.255 e. The second-order valence-electron chi connectivity index (χ2n) is 3.94. The minimum absolute atomic E-state index is 0.184. The van der Waals surface area contributed by atoms with Crippen LogP contribution in [0.15, 0.2) is 57.9 Å². The fourth-order valence-electron chi connectivity index (χ4n) is 1.53. The van der Waals surface area contributed by atoms with Gasteiger partial charge in [0.2, 0.25) is 0 Å². The van der Waals surface area contributed by atoms with Crippen LogP contribution in [-0.4, -0.2) is 16.4 Å². The molecular formula is C14H12BrNO2S. The Hall–Kier alpha value is -1.46. The Morgan fingerprint density at radius 2 is 1.63 bits per heavy atom. The molecule has 0 saturated heterocycles. The Morgan fingerprint density at radius 3 is 2.16 bits per heavy atom. The SMILES string of the molecule is CS(=O)c1ccc(C(=O)Nc2ccc(Br)cc2)cc1. The fourth-order valence-corrected chi connectivity index (χ4v) is 2.32. The lowest BCUT2D eigenvalue weighted by Crippen LogP contribution is -2.11. The van der Waals surface area contributed by atoms with E-state index >= 15 is 0 Å². The Kier molecular flexibility index (Phi) is 4.50. The summed E-state index contributed by atoms with van der Waals surface area (Å²) in [7, 11) is -1.03. The Morgan fingerprint density at radius 1 is 1.05 bits per heavy atom. The molecule has 0 aromatic heterocycles. The van der Waals surface area contributed by atoms with E-state index in [0.717, 1.165) is 10.2 Å². The summed E-state index contributed by atoms with van der Waals surface area (Å²) < 4.78 is 12.2. The third-order valence-electron chi connectivity index (χ3n) is 2.55. The van der Waals surface area contributed by atoms with Gasteiger partial charge in [-0.2, -0.15) is 0 Å². The van der Waals surface area contributed by atoms with Gasteiger partial charge in [-0.3, -0.25) is 9.00 Å². The van der Waals surface area contributed by atoms with Gasteiger partial charge in [-0.25, -0.2) is 0 Å². The molecule has 1 N–H and O–H groups in total. The topological polar surface area (TPSA) is 46.2 Å². The highest BCUT2D eigenvalue weighted by molar-refractivity contribution is 9.10. The molecule has 2 rings (SSSR count). The Balaban J connectivity index is 2.11. The molecule has 3 nitrogen and oxygen atoms in total. The highest BCUT2D eigenvalue weighted by Crippen LogP contribution is 2.15. The second-order valence-corrected chi connectivity index (χ2v) is 6.23. The van der Waals surface area contributed by atoms with E-state index in [1.165, 1.54) is 0 Å². The van der Waals surface area contributed by atoms with Gasteiger partial charge in [0.05, 0.1) is 0 Å². The van der Waals surface area contributed by atoms with Crippen molar-refractivity contribution in [2.24, 2.45) is 0 Å². The molecule has 0 aliphatic carbocycles. The molecule has 0 saturated carbocycles. The lowest BCUT2D eigenvalue weighted by Gasteiger charge is -2.05. The van der Waals surface area contributed by atoms with Crippen molar-refractivity contribution in [2.75, 3.05) is 11.6 Å². The summed E-state index contributed by atoms with van der Waals surface area (Å²) in [6, 6.07) is 14.1. The zero-order valence-electron chi connectivity index (χ0n) is 10.2. The summed E-state index contributed by atoms with van der Waals surface area (Å²) in [6.07, 6.45) is 1.61. The number of hydrogen-bond donors (Lipinski definition) is 1. The van der Waals surface area contributed by atoms with E-state index < -0.39 is 10.8 Å². The first kappa shape index (κ1) is 14.0. The first-order valence-corrected chi connectivity index (χ1v) is 7.92. The van der Waals surface area contributed by atoms with Crippen LogP contribution in [0.5, 0.6) is 0 Å². The van der Waals surface area contributed by atoms with E-state index in [1.54, 1.807) is 30.5 Å². The van der Waals surface area contributed by atoms with Crippen LogP contribution in [0.3, 0.4) is 0 Å².